The van der Waals surface area contributed by atoms with Crippen molar-refractivity contribution in [2.75, 3.05) is 19.0 Å². The van der Waals surface area contributed by atoms with Crippen molar-refractivity contribution in [3.63, 3.8) is 0 Å². The predicted molar refractivity (Wildman–Crippen MR) is 114 cm³/mol. The number of ether oxygens (including phenoxy) is 2. The van der Waals surface area contributed by atoms with Gasteiger partial charge in [-0.15, -0.1) is 0 Å². The van der Waals surface area contributed by atoms with Crippen molar-refractivity contribution in [1.29, 1.82) is 0 Å². The summed E-state index contributed by atoms with van der Waals surface area (Å²) in [5.41, 5.74) is 2.85. The Labute approximate surface area is 169 Å². The van der Waals surface area contributed by atoms with Crippen LogP contribution in [0.3, 0.4) is 0 Å². The van der Waals surface area contributed by atoms with Gasteiger partial charge in [-0.3, -0.25) is 4.79 Å². The highest BCUT2D eigenvalue weighted by Crippen LogP contribution is 2.30. The highest BCUT2D eigenvalue weighted by Gasteiger charge is 2.30. The van der Waals surface area contributed by atoms with Crippen molar-refractivity contribution in [1.82, 2.24) is 10.6 Å². The van der Waals surface area contributed by atoms with Crippen molar-refractivity contribution >= 4 is 28.9 Å². The van der Waals surface area contributed by atoms with Gasteiger partial charge in [0.1, 0.15) is 11.5 Å². The lowest BCUT2D eigenvalue weighted by Gasteiger charge is -2.30. The summed E-state index contributed by atoms with van der Waals surface area (Å²) in [6.07, 6.45) is 0. The molecule has 2 aromatic carbocycles. The molecule has 0 saturated carbocycles. The summed E-state index contributed by atoms with van der Waals surface area (Å²) in [6.45, 7) is 4.36. The number of carbonyl (C=O) groups excluding carboxylic acids is 1. The maximum Gasteiger partial charge on any atom is 0.255 e. The summed E-state index contributed by atoms with van der Waals surface area (Å²) >= 11 is 5.30. The lowest BCUT2D eigenvalue weighted by Crippen LogP contribution is -2.45. The fraction of sp³-hybridized carbons (Fsp3) is 0.238. The third kappa shape index (κ3) is 4.43. The number of benzene rings is 2. The standard InChI is InChI=1S/C21H23N3O3S/c1-4-27-16-10-8-15(9-11-16)23-20(25)18-13(2)22-21(28)24-19(18)14-6-5-7-17(12-14)26-3/h5-12,19H,4H2,1-3H3,(H,23,25)(H2,22,24,28)/t19-/m1/s1. The van der Waals surface area contributed by atoms with E-state index in [4.69, 9.17) is 21.7 Å². The van der Waals surface area contributed by atoms with E-state index in [1.807, 2.05) is 62.4 Å². The van der Waals surface area contributed by atoms with Gasteiger partial charge < -0.3 is 25.4 Å². The SMILES string of the molecule is CCOc1ccc(NC(=O)C2=C(C)NC(=S)N[C@@H]2c2cccc(OC)c2)cc1. The van der Waals surface area contributed by atoms with Crippen molar-refractivity contribution in [3.05, 3.63) is 65.4 Å². The first-order valence-corrected chi connectivity index (χ1v) is 9.39. The van der Waals surface area contributed by atoms with Gasteiger partial charge in [-0.25, -0.2) is 0 Å². The molecule has 6 nitrogen and oxygen atoms in total. The molecule has 1 amide bonds. The molecule has 0 fully saturated rings. The second-order valence-electron chi connectivity index (χ2n) is 6.26. The molecule has 0 unspecified atom stereocenters. The Morgan fingerprint density at radius 1 is 1.18 bits per heavy atom. The summed E-state index contributed by atoms with van der Waals surface area (Å²) in [6, 6.07) is 14.5. The molecule has 2 aromatic rings. The smallest absolute Gasteiger partial charge is 0.255 e. The lowest BCUT2D eigenvalue weighted by molar-refractivity contribution is -0.113. The highest BCUT2D eigenvalue weighted by molar-refractivity contribution is 7.80. The first-order chi connectivity index (χ1) is 13.5. The molecule has 7 heteroatoms. The average Bonchev–Trinajstić information content (AvgIpc) is 2.69. The number of nitrogens with one attached hydrogen (secondary N) is 3. The first kappa shape index (κ1) is 19.7. The molecule has 28 heavy (non-hydrogen) atoms. The third-order valence-corrected chi connectivity index (χ3v) is 4.58. The Morgan fingerprint density at radius 3 is 2.61 bits per heavy atom. The zero-order chi connectivity index (χ0) is 20.1. The molecule has 3 N–H and O–H groups in total. The van der Waals surface area contributed by atoms with Crippen molar-refractivity contribution in [2.24, 2.45) is 0 Å². The minimum atomic E-state index is -0.383. The highest BCUT2D eigenvalue weighted by atomic mass is 32.1. The zero-order valence-corrected chi connectivity index (χ0v) is 16.9. The van der Waals surface area contributed by atoms with Crippen molar-refractivity contribution < 1.29 is 14.3 Å². The van der Waals surface area contributed by atoms with Gasteiger partial charge in [0.25, 0.3) is 5.91 Å². The second-order valence-corrected chi connectivity index (χ2v) is 6.67. The molecule has 1 aliphatic heterocycles. The average molecular weight is 398 g/mol. The fourth-order valence-corrected chi connectivity index (χ4v) is 3.34. The molecule has 1 aliphatic rings. The van der Waals surface area contributed by atoms with Gasteiger partial charge in [-0.05, 0) is 68.0 Å². The van der Waals surface area contributed by atoms with Gasteiger partial charge in [0, 0.05) is 11.4 Å². The maximum absolute atomic E-state index is 13.1. The van der Waals surface area contributed by atoms with E-state index in [1.54, 1.807) is 7.11 Å². The summed E-state index contributed by atoms with van der Waals surface area (Å²) < 4.78 is 10.8. The molecule has 0 spiro atoms. The first-order valence-electron chi connectivity index (χ1n) is 8.98. The van der Waals surface area contributed by atoms with E-state index in [2.05, 4.69) is 16.0 Å². The lowest BCUT2D eigenvalue weighted by atomic mass is 9.94. The van der Waals surface area contributed by atoms with E-state index in [1.165, 1.54) is 0 Å². The van der Waals surface area contributed by atoms with Crippen LogP contribution in [0, 0.1) is 0 Å². The molecular weight excluding hydrogens is 374 g/mol. The van der Waals surface area contributed by atoms with Gasteiger partial charge in [0.15, 0.2) is 5.11 Å². The van der Waals surface area contributed by atoms with Gasteiger partial charge in [-0.1, -0.05) is 12.1 Å². The normalized spacial score (nSPS) is 16.1. The number of thiocarbonyl (C=S) groups is 1. The van der Waals surface area contributed by atoms with Crippen LogP contribution in [-0.4, -0.2) is 24.7 Å². The van der Waals surface area contributed by atoms with Crippen LogP contribution in [0.1, 0.15) is 25.5 Å². The van der Waals surface area contributed by atoms with Crippen LogP contribution in [0.4, 0.5) is 5.69 Å². The monoisotopic (exact) mass is 397 g/mol. The van der Waals surface area contributed by atoms with Gasteiger partial charge in [0.05, 0.1) is 25.3 Å². The number of rotatable bonds is 6. The van der Waals surface area contributed by atoms with E-state index < -0.39 is 0 Å². The number of allylic oxidation sites excluding steroid dienone is 1. The summed E-state index contributed by atoms with van der Waals surface area (Å²) in [5.74, 6) is 1.26. The topological polar surface area (TPSA) is 71.6 Å². The molecule has 146 valence electrons. The van der Waals surface area contributed by atoms with Crippen LogP contribution in [0.5, 0.6) is 11.5 Å². The minimum Gasteiger partial charge on any atom is -0.497 e. The van der Waals surface area contributed by atoms with E-state index in [0.717, 1.165) is 11.3 Å². The predicted octanol–water partition coefficient (Wildman–Crippen LogP) is 3.53. The van der Waals surface area contributed by atoms with E-state index >= 15 is 0 Å². The number of hydrogen-bond acceptors (Lipinski definition) is 4. The van der Waals surface area contributed by atoms with Crippen LogP contribution in [0.2, 0.25) is 0 Å². The van der Waals surface area contributed by atoms with Crippen LogP contribution >= 0.6 is 12.2 Å². The van der Waals surface area contributed by atoms with Crippen molar-refractivity contribution in [3.8, 4) is 11.5 Å². The molecule has 0 aromatic heterocycles. The van der Waals surface area contributed by atoms with Gasteiger partial charge in [-0.2, -0.15) is 0 Å². The van der Waals surface area contributed by atoms with Crippen LogP contribution in [0.15, 0.2) is 59.8 Å². The van der Waals surface area contributed by atoms with Gasteiger partial charge >= 0.3 is 0 Å². The Hall–Kier alpha value is -3.06. The number of anilines is 1. The van der Waals surface area contributed by atoms with Crippen LogP contribution in [0.25, 0.3) is 0 Å². The van der Waals surface area contributed by atoms with E-state index in [0.29, 0.717) is 34.4 Å². The molecule has 3 rings (SSSR count). The molecule has 0 bridgehead atoms. The molecule has 0 radical (unpaired) electrons. The van der Waals surface area contributed by atoms with Crippen LogP contribution < -0.4 is 25.4 Å². The quantitative estimate of drug-likeness (QED) is 0.648. The fourth-order valence-electron chi connectivity index (χ4n) is 3.07. The summed E-state index contributed by atoms with van der Waals surface area (Å²) in [7, 11) is 1.61. The second kappa shape index (κ2) is 8.75. The largest absolute Gasteiger partial charge is 0.497 e. The Balaban J connectivity index is 1.88. The summed E-state index contributed by atoms with van der Waals surface area (Å²) in [4.78, 5) is 13.1. The Kier molecular flexibility index (Phi) is 6.16. The maximum atomic E-state index is 13.1. The third-order valence-electron chi connectivity index (χ3n) is 4.36. The molecule has 0 saturated heterocycles. The zero-order valence-electron chi connectivity index (χ0n) is 16.0. The Bertz CT molecular complexity index is 909. The van der Waals surface area contributed by atoms with Crippen LogP contribution in [-0.2, 0) is 4.79 Å². The van der Waals surface area contributed by atoms with E-state index in [9.17, 15) is 4.79 Å². The summed E-state index contributed by atoms with van der Waals surface area (Å²) in [5, 5.41) is 9.64. The molecule has 1 heterocycles. The number of carbonyl (C=O) groups is 1. The Morgan fingerprint density at radius 2 is 1.93 bits per heavy atom. The molecule has 0 aliphatic carbocycles. The van der Waals surface area contributed by atoms with Crippen molar-refractivity contribution in [2.45, 2.75) is 19.9 Å². The van der Waals surface area contributed by atoms with E-state index in [-0.39, 0.29) is 11.9 Å². The van der Waals surface area contributed by atoms with Gasteiger partial charge in [0.2, 0.25) is 0 Å². The number of amides is 1. The number of methoxy groups -OCH3 is 1. The number of hydrogen-bond donors (Lipinski definition) is 3. The molecule has 1 atom stereocenters. The minimum absolute atomic E-state index is 0.211. The molecular formula is C21H23N3O3S.